The number of unbranched alkanes of at least 4 members (excludes halogenated alkanes) is 14. The molecule has 7 N–H and O–H groups in total. The van der Waals surface area contributed by atoms with E-state index >= 15 is 0 Å². The van der Waals surface area contributed by atoms with Crippen molar-refractivity contribution in [1.29, 1.82) is 0 Å². The average Bonchev–Trinajstić information content (AvgIpc) is 3.25. The van der Waals surface area contributed by atoms with Crippen LogP contribution < -0.4 is 0 Å². The van der Waals surface area contributed by atoms with Crippen molar-refractivity contribution in [3.05, 3.63) is 60.8 Å². The van der Waals surface area contributed by atoms with Gasteiger partial charge in [0.25, 0.3) is 0 Å². The van der Waals surface area contributed by atoms with Gasteiger partial charge in [0.2, 0.25) is 0 Å². The third kappa shape index (κ3) is 29.1. The molecule has 1 aliphatic carbocycles. The van der Waals surface area contributed by atoms with Gasteiger partial charge < -0.3 is 45.0 Å². The fourth-order valence-electron chi connectivity index (χ4n) is 6.73. The second-order valence-electron chi connectivity index (χ2n) is 16.1. The van der Waals surface area contributed by atoms with Crippen LogP contribution in [0.5, 0.6) is 0 Å². The van der Waals surface area contributed by atoms with Crippen molar-refractivity contribution in [2.24, 2.45) is 0 Å². The van der Waals surface area contributed by atoms with Crippen LogP contribution in [0.25, 0.3) is 0 Å². The average molecular weight is 901 g/mol. The highest BCUT2D eigenvalue weighted by atomic mass is 31.2. The lowest BCUT2D eigenvalue weighted by molar-refractivity contribution is -0.220. The molecule has 0 heterocycles. The molecular formula is C47H81O14P. The van der Waals surface area contributed by atoms with Gasteiger partial charge in [-0.2, -0.15) is 0 Å². The van der Waals surface area contributed by atoms with Crippen molar-refractivity contribution in [2.45, 2.75) is 210 Å². The maximum atomic E-state index is 12.8. The number of rotatable bonds is 37. The maximum Gasteiger partial charge on any atom is 0.472 e. The highest BCUT2D eigenvalue weighted by Gasteiger charge is 2.51. The molecule has 4 unspecified atom stereocenters. The summed E-state index contributed by atoms with van der Waals surface area (Å²) in [4.78, 5) is 35.7. The predicted octanol–water partition coefficient (Wildman–Crippen LogP) is 7.92. The Morgan fingerprint density at radius 2 is 1.05 bits per heavy atom. The lowest BCUT2D eigenvalue weighted by Gasteiger charge is -2.41. The lowest BCUT2D eigenvalue weighted by Crippen LogP contribution is -2.64. The van der Waals surface area contributed by atoms with Gasteiger partial charge >= 0.3 is 19.8 Å². The highest BCUT2D eigenvalue weighted by Crippen LogP contribution is 2.47. The molecule has 0 aromatic rings. The molecule has 0 amide bonds. The Labute approximate surface area is 371 Å². The van der Waals surface area contributed by atoms with Crippen molar-refractivity contribution in [3.8, 4) is 0 Å². The summed E-state index contributed by atoms with van der Waals surface area (Å²) < 4.78 is 33.4. The van der Waals surface area contributed by atoms with Gasteiger partial charge in [0.15, 0.2) is 6.10 Å². The molecule has 0 aromatic heterocycles. The number of hydrogen-bond acceptors (Lipinski definition) is 13. The maximum absolute atomic E-state index is 12.8. The third-order valence-electron chi connectivity index (χ3n) is 10.5. The standard InChI is InChI=1S/C47H81O14P/c1-3-5-7-9-11-13-15-17-18-20-22-24-26-28-30-34-41(50)60-39(37-59-62(56,57)61-47-45(54)43(52)42(51)44(53)46(47)55)36-58-40(49)35-31-33-38(48)32-29-27-25-23-21-19-16-14-12-10-8-6-4-2/h6,8,12,14,19,21,25,27,29,32,38-39,42-48,51-55H,3-5,7,9-11,13,15-18,20,22-24,26,28,30-31,33-37H2,1-2H3,(H,56,57)/b8-6-,14-12-,21-19-,27-25-,32-29+/t38?,39-,42?,43-,44+,45-,46-,47?/m1/s1. The Hall–Kier alpha value is -2.49. The summed E-state index contributed by atoms with van der Waals surface area (Å²) in [6.45, 7) is 3.01. The number of phosphoric ester groups is 1. The second-order valence-corrected chi connectivity index (χ2v) is 17.5. The van der Waals surface area contributed by atoms with Gasteiger partial charge in [-0.05, 0) is 44.9 Å². The van der Waals surface area contributed by atoms with Crippen molar-refractivity contribution >= 4 is 19.8 Å². The van der Waals surface area contributed by atoms with E-state index in [-0.39, 0.29) is 25.7 Å². The van der Waals surface area contributed by atoms with E-state index in [0.29, 0.717) is 6.42 Å². The molecule has 0 saturated heterocycles. The van der Waals surface area contributed by atoms with Crippen LogP contribution in [-0.4, -0.2) is 110 Å². The number of aliphatic hydroxyl groups excluding tert-OH is 6. The molecule has 1 aliphatic rings. The minimum Gasteiger partial charge on any atom is -0.462 e. The Morgan fingerprint density at radius 3 is 1.58 bits per heavy atom. The first-order valence-corrected chi connectivity index (χ1v) is 24.7. The molecule has 0 aromatic carbocycles. The van der Waals surface area contributed by atoms with E-state index in [9.17, 15) is 49.7 Å². The first-order chi connectivity index (χ1) is 29.8. The van der Waals surface area contributed by atoms with Crippen LogP contribution in [0, 0.1) is 0 Å². The minimum absolute atomic E-state index is 0.0564. The molecule has 1 fully saturated rings. The molecule has 14 nitrogen and oxygen atoms in total. The molecule has 1 rings (SSSR count). The highest BCUT2D eigenvalue weighted by molar-refractivity contribution is 7.47. The Bertz CT molecular complexity index is 1330. The van der Waals surface area contributed by atoms with Crippen LogP contribution in [0.15, 0.2) is 60.8 Å². The van der Waals surface area contributed by atoms with Crippen LogP contribution >= 0.6 is 7.82 Å². The first kappa shape index (κ1) is 57.5. The Morgan fingerprint density at radius 1 is 0.581 bits per heavy atom. The molecule has 1 saturated carbocycles. The summed E-state index contributed by atoms with van der Waals surface area (Å²) in [7, 11) is -5.16. The lowest BCUT2D eigenvalue weighted by atomic mass is 9.85. The van der Waals surface area contributed by atoms with Gasteiger partial charge in [-0.25, -0.2) is 4.57 Å². The van der Waals surface area contributed by atoms with Crippen LogP contribution in [0.1, 0.15) is 162 Å². The van der Waals surface area contributed by atoms with Crippen molar-refractivity contribution in [1.82, 2.24) is 0 Å². The molecule has 0 spiro atoms. The van der Waals surface area contributed by atoms with E-state index in [1.165, 1.54) is 64.2 Å². The monoisotopic (exact) mass is 901 g/mol. The second kappa shape index (κ2) is 36.8. The van der Waals surface area contributed by atoms with E-state index in [4.69, 9.17) is 18.5 Å². The fourth-order valence-corrected chi connectivity index (χ4v) is 7.70. The number of carbonyl (C=O) groups is 2. The summed E-state index contributed by atoms with van der Waals surface area (Å²) in [5, 5.41) is 60.4. The molecule has 358 valence electrons. The van der Waals surface area contributed by atoms with Gasteiger partial charge in [0.1, 0.15) is 43.2 Å². The van der Waals surface area contributed by atoms with E-state index in [1.807, 2.05) is 12.2 Å². The number of phosphoric acid groups is 1. The summed E-state index contributed by atoms with van der Waals surface area (Å²) in [5.41, 5.74) is 0. The third-order valence-corrected chi connectivity index (χ3v) is 11.5. The van der Waals surface area contributed by atoms with Crippen LogP contribution in [0.2, 0.25) is 0 Å². The SMILES string of the molecule is CC/C=C\C/C=C\C/C=C\C/C=C\C=C\C(O)CCCC(=O)OC[C@H](COP(=O)(O)OC1[C@H](O)[C@H](O)C(O)[C@H](O)[C@H]1O)OC(=O)CCCCCCCCCCCCCCCCC. The zero-order valence-electron chi connectivity index (χ0n) is 37.5. The van der Waals surface area contributed by atoms with Crippen molar-refractivity contribution in [2.75, 3.05) is 13.2 Å². The van der Waals surface area contributed by atoms with E-state index in [2.05, 4.69) is 50.3 Å². The summed E-state index contributed by atoms with van der Waals surface area (Å²) in [6.07, 6.45) is 27.2. The van der Waals surface area contributed by atoms with Gasteiger partial charge in [-0.3, -0.25) is 18.6 Å². The van der Waals surface area contributed by atoms with Crippen LogP contribution in [0.3, 0.4) is 0 Å². The first-order valence-electron chi connectivity index (χ1n) is 23.2. The predicted molar refractivity (Wildman–Crippen MR) is 241 cm³/mol. The molecule has 0 radical (unpaired) electrons. The molecule has 62 heavy (non-hydrogen) atoms. The van der Waals surface area contributed by atoms with Crippen molar-refractivity contribution in [3.63, 3.8) is 0 Å². The molecule has 15 heteroatoms. The van der Waals surface area contributed by atoms with E-state index < -0.39 is 81.8 Å². The molecule has 0 aliphatic heterocycles. The van der Waals surface area contributed by atoms with E-state index in [0.717, 1.165) is 51.4 Å². The topological polar surface area (TPSA) is 230 Å². The smallest absolute Gasteiger partial charge is 0.462 e. The Kier molecular flexibility index (Phi) is 34.2. The van der Waals surface area contributed by atoms with Crippen LogP contribution in [-0.2, 0) is 32.7 Å². The Balaban J connectivity index is 2.55. The van der Waals surface area contributed by atoms with Gasteiger partial charge in [-0.1, -0.05) is 164 Å². The van der Waals surface area contributed by atoms with Gasteiger partial charge in [-0.15, -0.1) is 0 Å². The molecule has 0 bridgehead atoms. The minimum atomic E-state index is -5.16. The summed E-state index contributed by atoms with van der Waals surface area (Å²) in [6, 6.07) is 0. The fraction of sp³-hybridized carbons (Fsp3) is 0.745. The normalized spacial score (nSPS) is 22.9. The number of ether oxygens (including phenoxy) is 2. The van der Waals surface area contributed by atoms with E-state index in [1.54, 1.807) is 12.2 Å². The number of aliphatic hydroxyl groups is 6. The zero-order chi connectivity index (χ0) is 45.9. The van der Waals surface area contributed by atoms with Crippen LogP contribution in [0.4, 0.5) is 0 Å². The summed E-state index contributed by atoms with van der Waals surface area (Å²) >= 11 is 0. The van der Waals surface area contributed by atoms with Gasteiger partial charge in [0.05, 0.1) is 12.7 Å². The molecular weight excluding hydrogens is 819 g/mol. The molecule has 9 atom stereocenters. The largest absolute Gasteiger partial charge is 0.472 e. The van der Waals surface area contributed by atoms with Gasteiger partial charge in [0, 0.05) is 12.8 Å². The quantitative estimate of drug-likeness (QED) is 0.0103. The summed E-state index contributed by atoms with van der Waals surface area (Å²) in [5.74, 6) is -1.30. The van der Waals surface area contributed by atoms with Crippen molar-refractivity contribution < 1.29 is 68.2 Å². The number of esters is 2. The number of allylic oxidation sites excluding steroid dienone is 9. The number of hydrogen-bond donors (Lipinski definition) is 7. The number of carbonyl (C=O) groups excluding carboxylic acids is 2. The zero-order valence-corrected chi connectivity index (χ0v) is 38.4.